The van der Waals surface area contributed by atoms with Gasteiger partial charge in [-0.25, -0.2) is 4.98 Å². The molecule has 0 amide bonds. The summed E-state index contributed by atoms with van der Waals surface area (Å²) in [6.07, 6.45) is 3.47. The van der Waals surface area contributed by atoms with Crippen LogP contribution in [0.3, 0.4) is 0 Å². The van der Waals surface area contributed by atoms with Gasteiger partial charge in [-0.15, -0.1) is 11.3 Å². The summed E-state index contributed by atoms with van der Waals surface area (Å²) < 4.78 is 0. The van der Waals surface area contributed by atoms with Gasteiger partial charge < -0.3 is 15.1 Å². The van der Waals surface area contributed by atoms with E-state index in [0.29, 0.717) is 0 Å². The second-order valence-electron chi connectivity index (χ2n) is 7.08. The molecule has 1 fully saturated rings. The van der Waals surface area contributed by atoms with Crippen LogP contribution in [0, 0.1) is 6.92 Å². The highest BCUT2D eigenvalue weighted by Gasteiger charge is 2.15. The Morgan fingerprint density at radius 2 is 2.07 bits per heavy atom. The molecule has 1 aliphatic rings. The van der Waals surface area contributed by atoms with Crippen molar-refractivity contribution in [3.8, 4) is 0 Å². The molecule has 0 bridgehead atoms. The number of guanidine groups is 1. The molecule has 1 aromatic heterocycles. The normalized spacial score (nSPS) is 14.6. The minimum absolute atomic E-state index is 0.754. The maximum atomic E-state index is 4.82. The molecule has 0 radical (unpaired) electrons. The van der Waals surface area contributed by atoms with Gasteiger partial charge >= 0.3 is 0 Å². The van der Waals surface area contributed by atoms with Gasteiger partial charge in [0, 0.05) is 51.6 Å². The molecule has 0 aliphatic carbocycles. The molecule has 0 unspecified atom stereocenters. The third-order valence-electron chi connectivity index (χ3n) is 4.91. The molecule has 1 aromatic carbocycles. The second kappa shape index (κ2) is 9.74. The quantitative estimate of drug-likeness (QED) is 0.583. The van der Waals surface area contributed by atoms with Crippen molar-refractivity contribution in [2.75, 3.05) is 38.1 Å². The average Bonchev–Trinajstić information content (AvgIpc) is 3.34. The SMILES string of the molecule is CCNC(=NCCc1csc(N2CCCC2)n1)N(C)Cc1ccccc1C. The van der Waals surface area contributed by atoms with Crippen LogP contribution >= 0.6 is 11.3 Å². The molecule has 1 saturated heterocycles. The van der Waals surface area contributed by atoms with Crippen LogP contribution in [-0.4, -0.2) is 49.1 Å². The number of hydrogen-bond acceptors (Lipinski definition) is 4. The fourth-order valence-corrected chi connectivity index (χ4v) is 4.24. The summed E-state index contributed by atoms with van der Waals surface area (Å²) in [5.41, 5.74) is 3.81. The first-order valence-corrected chi connectivity index (χ1v) is 10.8. The first-order chi connectivity index (χ1) is 13.2. The summed E-state index contributed by atoms with van der Waals surface area (Å²) in [4.78, 5) is 14.2. The molecule has 0 saturated carbocycles. The van der Waals surface area contributed by atoms with E-state index in [0.717, 1.165) is 50.8 Å². The topological polar surface area (TPSA) is 43.8 Å². The highest BCUT2D eigenvalue weighted by atomic mass is 32.1. The van der Waals surface area contributed by atoms with Gasteiger partial charge in [-0.2, -0.15) is 0 Å². The number of rotatable bonds is 7. The van der Waals surface area contributed by atoms with E-state index in [4.69, 9.17) is 9.98 Å². The molecule has 5 nitrogen and oxygen atoms in total. The van der Waals surface area contributed by atoms with E-state index in [9.17, 15) is 0 Å². The highest BCUT2D eigenvalue weighted by molar-refractivity contribution is 7.13. The molecule has 146 valence electrons. The Kier molecular flexibility index (Phi) is 7.10. The lowest BCUT2D eigenvalue weighted by Crippen LogP contribution is -2.38. The van der Waals surface area contributed by atoms with Crippen molar-refractivity contribution < 1.29 is 0 Å². The molecule has 1 aliphatic heterocycles. The summed E-state index contributed by atoms with van der Waals surface area (Å²) in [6, 6.07) is 8.53. The number of benzene rings is 1. The molecule has 1 N–H and O–H groups in total. The minimum Gasteiger partial charge on any atom is -0.357 e. The Hall–Kier alpha value is -2.08. The van der Waals surface area contributed by atoms with Crippen LogP contribution in [0.5, 0.6) is 0 Å². The summed E-state index contributed by atoms with van der Waals surface area (Å²) in [7, 11) is 2.10. The molecule has 3 rings (SSSR count). The number of aromatic nitrogens is 1. The summed E-state index contributed by atoms with van der Waals surface area (Å²) in [5.74, 6) is 0.954. The van der Waals surface area contributed by atoms with Crippen LogP contribution in [0.1, 0.15) is 36.6 Å². The summed E-state index contributed by atoms with van der Waals surface area (Å²) in [5, 5.41) is 6.77. The largest absolute Gasteiger partial charge is 0.357 e. The number of aliphatic imine (C=N–C) groups is 1. The van der Waals surface area contributed by atoms with Crippen molar-refractivity contribution in [3.05, 3.63) is 46.5 Å². The third kappa shape index (κ3) is 5.45. The van der Waals surface area contributed by atoms with Crippen LogP contribution in [0.15, 0.2) is 34.6 Å². The monoisotopic (exact) mass is 385 g/mol. The van der Waals surface area contributed by atoms with Gasteiger partial charge in [0.05, 0.1) is 5.69 Å². The van der Waals surface area contributed by atoms with Crippen molar-refractivity contribution in [2.45, 2.75) is 39.7 Å². The number of thiazole rings is 1. The highest BCUT2D eigenvalue weighted by Crippen LogP contribution is 2.24. The zero-order chi connectivity index (χ0) is 19.1. The lowest BCUT2D eigenvalue weighted by Gasteiger charge is -2.23. The van der Waals surface area contributed by atoms with E-state index < -0.39 is 0 Å². The number of nitrogens with one attached hydrogen (secondary N) is 1. The molecule has 2 aromatic rings. The van der Waals surface area contributed by atoms with Gasteiger partial charge in [-0.05, 0) is 37.8 Å². The lowest BCUT2D eigenvalue weighted by molar-refractivity contribution is 0.475. The zero-order valence-corrected chi connectivity index (χ0v) is 17.6. The molecule has 0 atom stereocenters. The van der Waals surface area contributed by atoms with E-state index in [1.807, 2.05) is 0 Å². The lowest BCUT2D eigenvalue weighted by atomic mass is 10.1. The van der Waals surface area contributed by atoms with Crippen LogP contribution < -0.4 is 10.2 Å². The van der Waals surface area contributed by atoms with E-state index in [1.165, 1.54) is 29.1 Å². The maximum Gasteiger partial charge on any atom is 0.193 e. The fraction of sp³-hybridized carbons (Fsp3) is 0.524. The zero-order valence-electron chi connectivity index (χ0n) is 16.7. The maximum absolute atomic E-state index is 4.82. The van der Waals surface area contributed by atoms with Crippen molar-refractivity contribution in [1.29, 1.82) is 0 Å². The van der Waals surface area contributed by atoms with Gasteiger partial charge in [-0.1, -0.05) is 24.3 Å². The number of hydrogen-bond donors (Lipinski definition) is 1. The van der Waals surface area contributed by atoms with Crippen molar-refractivity contribution >= 4 is 22.4 Å². The molecular weight excluding hydrogens is 354 g/mol. The molecule has 0 spiro atoms. The molecular formula is C21H31N5S. The molecule has 6 heteroatoms. The Balaban J connectivity index is 1.57. The standard InChI is InChI=1S/C21H31N5S/c1-4-22-20(25(3)15-18-10-6-5-9-17(18)2)23-12-11-19-16-27-21(24-19)26-13-7-8-14-26/h5-6,9-10,16H,4,7-8,11-15H2,1-3H3,(H,22,23). The van der Waals surface area contributed by atoms with Gasteiger partial charge in [0.15, 0.2) is 11.1 Å². The van der Waals surface area contributed by atoms with E-state index in [1.54, 1.807) is 11.3 Å². The fourth-order valence-electron chi connectivity index (χ4n) is 3.33. The Morgan fingerprint density at radius 1 is 1.30 bits per heavy atom. The second-order valence-corrected chi connectivity index (χ2v) is 7.92. The number of anilines is 1. The summed E-state index contributed by atoms with van der Waals surface area (Å²) in [6.45, 7) is 9.05. The van der Waals surface area contributed by atoms with Crippen LogP contribution in [0.25, 0.3) is 0 Å². The van der Waals surface area contributed by atoms with Gasteiger partial charge in [0.25, 0.3) is 0 Å². The van der Waals surface area contributed by atoms with Gasteiger partial charge in [0.1, 0.15) is 0 Å². The first-order valence-electron chi connectivity index (χ1n) is 9.90. The molecule has 27 heavy (non-hydrogen) atoms. The van der Waals surface area contributed by atoms with Gasteiger partial charge in [0.2, 0.25) is 0 Å². The van der Waals surface area contributed by atoms with E-state index in [2.05, 4.69) is 65.7 Å². The van der Waals surface area contributed by atoms with Crippen LogP contribution in [0.4, 0.5) is 5.13 Å². The molecule has 2 heterocycles. The van der Waals surface area contributed by atoms with Crippen molar-refractivity contribution in [1.82, 2.24) is 15.2 Å². The average molecular weight is 386 g/mol. The predicted octanol–water partition coefficient (Wildman–Crippen LogP) is 3.69. The smallest absolute Gasteiger partial charge is 0.193 e. The summed E-state index contributed by atoms with van der Waals surface area (Å²) >= 11 is 1.77. The first kappa shape index (κ1) is 19.7. The van der Waals surface area contributed by atoms with Gasteiger partial charge in [-0.3, -0.25) is 4.99 Å². The van der Waals surface area contributed by atoms with E-state index in [-0.39, 0.29) is 0 Å². The Bertz CT molecular complexity index is 749. The minimum atomic E-state index is 0.754. The van der Waals surface area contributed by atoms with Crippen LogP contribution in [-0.2, 0) is 13.0 Å². The number of nitrogens with zero attached hydrogens (tertiary/aromatic N) is 4. The van der Waals surface area contributed by atoms with Crippen molar-refractivity contribution in [3.63, 3.8) is 0 Å². The number of aryl methyl sites for hydroxylation is 1. The van der Waals surface area contributed by atoms with Crippen molar-refractivity contribution in [2.24, 2.45) is 4.99 Å². The Labute approximate surface area is 167 Å². The Morgan fingerprint density at radius 3 is 2.81 bits per heavy atom. The van der Waals surface area contributed by atoms with E-state index >= 15 is 0 Å². The van der Waals surface area contributed by atoms with Crippen LogP contribution in [0.2, 0.25) is 0 Å². The predicted molar refractivity (Wildman–Crippen MR) is 116 cm³/mol. The third-order valence-corrected chi connectivity index (χ3v) is 5.86.